The topological polar surface area (TPSA) is 90.4 Å². The van der Waals surface area contributed by atoms with Gasteiger partial charge in [0.25, 0.3) is 5.91 Å². The molecule has 4 aliphatic rings. The van der Waals surface area contributed by atoms with Crippen LogP contribution in [0.4, 0.5) is 11.4 Å². The Balaban J connectivity index is 1.33. The normalized spacial score (nSPS) is 29.2. The zero-order chi connectivity index (χ0) is 31.2. The Morgan fingerprint density at radius 3 is 2.22 bits per heavy atom. The monoisotopic (exact) mass is 605 g/mol. The molecule has 232 valence electrons. The molecule has 3 aromatic carbocycles. The van der Waals surface area contributed by atoms with Crippen molar-refractivity contribution in [2.45, 2.75) is 49.9 Å². The number of para-hydroxylation sites is 1. The maximum Gasteiger partial charge on any atom is 0.253 e. The van der Waals surface area contributed by atoms with Crippen molar-refractivity contribution in [2.24, 2.45) is 11.8 Å². The summed E-state index contributed by atoms with van der Waals surface area (Å²) in [6, 6.07) is 22.6. The molecule has 1 N–H and O–H groups in total. The second-order valence-corrected chi connectivity index (χ2v) is 12.5. The molecule has 8 nitrogen and oxygen atoms in total. The molecule has 1 unspecified atom stereocenters. The van der Waals surface area contributed by atoms with Crippen LogP contribution >= 0.6 is 0 Å². The first-order valence-electron chi connectivity index (χ1n) is 16.1. The van der Waals surface area contributed by atoms with Crippen LogP contribution < -0.4 is 9.80 Å². The third kappa shape index (κ3) is 4.61. The van der Waals surface area contributed by atoms with E-state index in [4.69, 9.17) is 4.74 Å². The zero-order valence-electron chi connectivity index (χ0n) is 25.5. The molecular formula is C37H39N3O5. The summed E-state index contributed by atoms with van der Waals surface area (Å²) >= 11 is 0. The highest BCUT2D eigenvalue weighted by Crippen LogP contribution is 2.59. The number of hydrogen-bond donors (Lipinski definition) is 1. The fourth-order valence-corrected chi connectivity index (χ4v) is 7.99. The van der Waals surface area contributed by atoms with Gasteiger partial charge in [0.2, 0.25) is 11.8 Å². The molecule has 1 spiro atoms. The van der Waals surface area contributed by atoms with E-state index >= 15 is 0 Å². The van der Waals surface area contributed by atoms with Gasteiger partial charge in [0.1, 0.15) is 11.6 Å². The number of hydrogen-bond acceptors (Lipinski definition) is 5. The van der Waals surface area contributed by atoms with Gasteiger partial charge in [-0.25, -0.2) is 0 Å². The summed E-state index contributed by atoms with van der Waals surface area (Å²) in [7, 11) is 0. The summed E-state index contributed by atoms with van der Waals surface area (Å²) in [5.74, 6) is -2.27. The second-order valence-electron chi connectivity index (χ2n) is 12.5. The molecule has 0 radical (unpaired) electrons. The first-order chi connectivity index (χ1) is 21.9. The molecule has 0 saturated carbocycles. The number of anilines is 2. The lowest BCUT2D eigenvalue weighted by Crippen LogP contribution is -2.56. The Labute approximate surface area is 263 Å². The average Bonchev–Trinajstić information content (AvgIpc) is 3.35. The van der Waals surface area contributed by atoms with E-state index in [0.717, 1.165) is 28.6 Å². The fourth-order valence-electron chi connectivity index (χ4n) is 7.99. The number of carbonyl (C=O) groups is 3. The van der Waals surface area contributed by atoms with Gasteiger partial charge >= 0.3 is 0 Å². The van der Waals surface area contributed by atoms with Crippen LogP contribution in [0.1, 0.15) is 32.6 Å². The fraction of sp³-hybridized carbons (Fsp3) is 0.378. The van der Waals surface area contributed by atoms with Gasteiger partial charge < -0.3 is 24.5 Å². The largest absolute Gasteiger partial charge is 0.396 e. The van der Waals surface area contributed by atoms with Gasteiger partial charge in [-0.3, -0.25) is 14.4 Å². The number of carbonyl (C=O) groups excluding carboxylic acids is 3. The van der Waals surface area contributed by atoms with Crippen LogP contribution in [-0.2, 0) is 19.1 Å². The maximum absolute atomic E-state index is 14.8. The van der Waals surface area contributed by atoms with Crippen molar-refractivity contribution in [1.29, 1.82) is 0 Å². The molecule has 3 aromatic rings. The van der Waals surface area contributed by atoms with E-state index in [2.05, 4.69) is 0 Å². The summed E-state index contributed by atoms with van der Waals surface area (Å²) in [6.07, 6.45) is 10.2. The van der Waals surface area contributed by atoms with Crippen LogP contribution in [-0.4, -0.2) is 71.2 Å². The number of ether oxygens (including phenoxy) is 1. The van der Waals surface area contributed by atoms with Crippen molar-refractivity contribution in [2.75, 3.05) is 36.0 Å². The molecule has 4 heterocycles. The Morgan fingerprint density at radius 1 is 0.756 bits per heavy atom. The standard InChI is InChI=1S/C37H39N3O5/c1-2-36-19-11-22-38(28-15-5-3-6-16-28)33(42)30(36)31-34(43)40(21-9-4-10-24-41)32-35(44)39(23-12-20-37(31,32)45-36)29-18-17-26-13-7-8-14-27(26)25-29/h3,5-8,11-20,25,30-32,41H,2,4,9-10,21-24H2,1H3/t30-,31+,32?,36+,37+/m1/s1. The molecule has 0 aromatic heterocycles. The van der Waals surface area contributed by atoms with E-state index < -0.39 is 29.1 Å². The van der Waals surface area contributed by atoms with Crippen LogP contribution in [0.2, 0.25) is 0 Å². The zero-order valence-corrected chi connectivity index (χ0v) is 25.5. The first kappa shape index (κ1) is 29.4. The van der Waals surface area contributed by atoms with Gasteiger partial charge in [0.05, 0.1) is 17.4 Å². The summed E-state index contributed by atoms with van der Waals surface area (Å²) in [4.78, 5) is 49.3. The predicted molar refractivity (Wildman–Crippen MR) is 174 cm³/mol. The van der Waals surface area contributed by atoms with Crippen LogP contribution in [0.25, 0.3) is 10.8 Å². The van der Waals surface area contributed by atoms with E-state index in [1.807, 2.05) is 104 Å². The van der Waals surface area contributed by atoms with E-state index in [1.165, 1.54) is 0 Å². The minimum absolute atomic E-state index is 0.0711. The quantitative estimate of drug-likeness (QED) is 0.292. The summed E-state index contributed by atoms with van der Waals surface area (Å²) in [5, 5.41) is 11.5. The summed E-state index contributed by atoms with van der Waals surface area (Å²) < 4.78 is 7.11. The highest BCUT2D eigenvalue weighted by atomic mass is 16.5. The highest BCUT2D eigenvalue weighted by Gasteiger charge is 2.75. The molecule has 7 rings (SSSR count). The number of benzene rings is 3. The molecule has 45 heavy (non-hydrogen) atoms. The molecule has 8 heteroatoms. The summed E-state index contributed by atoms with van der Waals surface area (Å²) in [6.45, 7) is 3.09. The van der Waals surface area contributed by atoms with Crippen molar-refractivity contribution >= 4 is 39.9 Å². The molecule has 4 aliphatic heterocycles. The van der Waals surface area contributed by atoms with Crippen LogP contribution in [0.5, 0.6) is 0 Å². The Kier molecular flexibility index (Phi) is 7.58. The SMILES string of the molecule is CC[C@]12C=CCN(c3ccccc3)C(=O)[C@H]1[C@H]1C(=O)N(CCCCCO)C3C(=O)N(c4ccc5ccccc5c4)CC=C[C@@]31O2. The molecule has 0 bridgehead atoms. The van der Waals surface area contributed by atoms with Gasteiger partial charge in [-0.1, -0.05) is 79.8 Å². The van der Waals surface area contributed by atoms with Crippen molar-refractivity contribution in [3.8, 4) is 0 Å². The van der Waals surface area contributed by atoms with E-state index in [-0.39, 0.29) is 24.3 Å². The lowest BCUT2D eigenvalue weighted by Gasteiger charge is -2.38. The van der Waals surface area contributed by atoms with Gasteiger partial charge in [0, 0.05) is 37.6 Å². The van der Waals surface area contributed by atoms with Crippen molar-refractivity contribution in [1.82, 2.24) is 4.90 Å². The first-order valence-corrected chi connectivity index (χ1v) is 16.1. The van der Waals surface area contributed by atoms with E-state index in [9.17, 15) is 19.5 Å². The van der Waals surface area contributed by atoms with E-state index in [1.54, 1.807) is 14.7 Å². The number of nitrogens with zero attached hydrogens (tertiary/aromatic N) is 3. The minimum Gasteiger partial charge on any atom is -0.396 e. The summed E-state index contributed by atoms with van der Waals surface area (Å²) in [5.41, 5.74) is -0.833. The number of aliphatic hydroxyl groups excluding tert-OH is 1. The van der Waals surface area contributed by atoms with Crippen molar-refractivity contribution in [3.63, 3.8) is 0 Å². The number of aliphatic hydroxyl groups is 1. The molecular weight excluding hydrogens is 566 g/mol. The number of rotatable bonds is 8. The smallest absolute Gasteiger partial charge is 0.253 e. The predicted octanol–water partition coefficient (Wildman–Crippen LogP) is 4.87. The van der Waals surface area contributed by atoms with E-state index in [0.29, 0.717) is 38.9 Å². The van der Waals surface area contributed by atoms with Gasteiger partial charge in [-0.2, -0.15) is 0 Å². The third-order valence-corrected chi connectivity index (χ3v) is 10.1. The number of likely N-dealkylation sites (tertiary alicyclic amines) is 1. The molecule has 2 fully saturated rings. The van der Waals surface area contributed by atoms with Gasteiger partial charge in [-0.05, 0) is 60.7 Å². The third-order valence-electron chi connectivity index (χ3n) is 10.1. The second kappa shape index (κ2) is 11.6. The lowest BCUT2D eigenvalue weighted by molar-refractivity contribution is -0.145. The number of unbranched alkanes of at least 4 members (excludes halogenated alkanes) is 2. The highest BCUT2D eigenvalue weighted by molar-refractivity contribution is 6.08. The molecule has 5 atom stereocenters. The average molecular weight is 606 g/mol. The Morgan fingerprint density at radius 2 is 1.47 bits per heavy atom. The molecule has 3 amide bonds. The Hall–Kier alpha value is -4.27. The number of amides is 3. The van der Waals surface area contributed by atoms with Crippen LogP contribution in [0.15, 0.2) is 97.1 Å². The number of fused-ring (bicyclic) bond motifs is 3. The van der Waals surface area contributed by atoms with Gasteiger partial charge in [-0.15, -0.1) is 0 Å². The van der Waals surface area contributed by atoms with Crippen LogP contribution in [0, 0.1) is 11.8 Å². The molecule has 2 saturated heterocycles. The van der Waals surface area contributed by atoms with Gasteiger partial charge in [0.15, 0.2) is 0 Å². The molecule has 0 aliphatic carbocycles. The Bertz CT molecular complexity index is 1690. The van der Waals surface area contributed by atoms with Crippen LogP contribution in [0.3, 0.4) is 0 Å². The van der Waals surface area contributed by atoms with Crippen molar-refractivity contribution in [3.05, 3.63) is 97.1 Å². The lowest BCUT2D eigenvalue weighted by atomic mass is 9.73. The minimum atomic E-state index is -1.31. The maximum atomic E-state index is 14.8. The van der Waals surface area contributed by atoms with Crippen molar-refractivity contribution < 1.29 is 24.2 Å².